The number of aryl methyl sites for hydroxylation is 1. The van der Waals surface area contributed by atoms with E-state index in [1.807, 2.05) is 41.7 Å². The summed E-state index contributed by atoms with van der Waals surface area (Å²) in [4.78, 5) is 2.68. The lowest BCUT2D eigenvalue weighted by Gasteiger charge is -2.17. The maximum Gasteiger partial charge on any atom is 0.119 e. The highest BCUT2D eigenvalue weighted by Crippen LogP contribution is 2.23. The summed E-state index contributed by atoms with van der Waals surface area (Å²) in [6.45, 7) is 5.86. The number of benzene rings is 1. The zero-order valence-electron chi connectivity index (χ0n) is 10.8. The van der Waals surface area contributed by atoms with Crippen molar-refractivity contribution in [2.24, 2.45) is 0 Å². The molecule has 0 saturated heterocycles. The van der Waals surface area contributed by atoms with Crippen LogP contribution in [0.4, 0.5) is 0 Å². The van der Waals surface area contributed by atoms with Gasteiger partial charge < -0.3 is 10.1 Å². The van der Waals surface area contributed by atoms with E-state index in [9.17, 15) is 0 Å². The number of ether oxygens (including phenoxy) is 1. The van der Waals surface area contributed by atoms with E-state index in [1.165, 1.54) is 9.75 Å². The largest absolute Gasteiger partial charge is 0.492 e. The van der Waals surface area contributed by atoms with Crippen LogP contribution in [0.3, 0.4) is 0 Å². The van der Waals surface area contributed by atoms with Crippen LogP contribution in [0.1, 0.15) is 22.7 Å². The second-order valence-electron chi connectivity index (χ2n) is 4.18. The Hall–Kier alpha value is -1.32. The number of nitrogens with one attached hydrogen (secondary N) is 1. The van der Waals surface area contributed by atoms with Crippen molar-refractivity contribution in [3.8, 4) is 5.75 Å². The molecule has 2 nitrogen and oxygen atoms in total. The van der Waals surface area contributed by atoms with Crippen molar-refractivity contribution in [3.05, 3.63) is 52.2 Å². The molecule has 1 atom stereocenters. The molecule has 0 fully saturated rings. The van der Waals surface area contributed by atoms with Crippen molar-refractivity contribution in [1.29, 1.82) is 0 Å². The van der Waals surface area contributed by atoms with Gasteiger partial charge in [-0.25, -0.2) is 0 Å². The predicted molar refractivity (Wildman–Crippen MR) is 77.4 cm³/mol. The Bertz CT molecular complexity index is 466. The Morgan fingerprint density at radius 3 is 2.56 bits per heavy atom. The summed E-state index contributed by atoms with van der Waals surface area (Å²) in [6, 6.07) is 14.6. The summed E-state index contributed by atoms with van der Waals surface area (Å²) in [5.74, 6) is 0.925. The van der Waals surface area contributed by atoms with Gasteiger partial charge in [0, 0.05) is 9.75 Å². The zero-order valence-corrected chi connectivity index (χ0v) is 11.7. The lowest BCUT2D eigenvalue weighted by molar-refractivity contribution is 0.270. The standard InChI is InChI=1S/C15H19NOS/c1-3-16-14(15-10-9-12(2)18-15)11-17-13-7-5-4-6-8-13/h4-10,14,16H,3,11H2,1-2H3. The van der Waals surface area contributed by atoms with Crippen LogP contribution in [0.2, 0.25) is 0 Å². The van der Waals surface area contributed by atoms with E-state index < -0.39 is 0 Å². The molecule has 1 aromatic carbocycles. The van der Waals surface area contributed by atoms with Crippen LogP contribution in [0.25, 0.3) is 0 Å². The van der Waals surface area contributed by atoms with Crippen molar-refractivity contribution in [1.82, 2.24) is 5.32 Å². The highest BCUT2D eigenvalue weighted by Gasteiger charge is 2.12. The van der Waals surface area contributed by atoms with E-state index in [-0.39, 0.29) is 6.04 Å². The summed E-state index contributed by atoms with van der Waals surface area (Å²) in [7, 11) is 0. The monoisotopic (exact) mass is 261 g/mol. The molecule has 1 heterocycles. The fraction of sp³-hybridized carbons (Fsp3) is 0.333. The number of hydrogen-bond acceptors (Lipinski definition) is 3. The average molecular weight is 261 g/mol. The van der Waals surface area contributed by atoms with Gasteiger partial charge in [0.1, 0.15) is 12.4 Å². The minimum atomic E-state index is 0.272. The molecular formula is C15H19NOS. The van der Waals surface area contributed by atoms with E-state index in [0.29, 0.717) is 6.61 Å². The van der Waals surface area contributed by atoms with Crippen LogP contribution >= 0.6 is 11.3 Å². The van der Waals surface area contributed by atoms with Gasteiger partial charge in [0.2, 0.25) is 0 Å². The highest BCUT2D eigenvalue weighted by molar-refractivity contribution is 7.12. The summed E-state index contributed by atoms with van der Waals surface area (Å²) in [6.07, 6.45) is 0. The Labute approximate surface area is 113 Å². The number of para-hydroxylation sites is 1. The fourth-order valence-corrected chi connectivity index (χ4v) is 2.76. The molecule has 1 unspecified atom stereocenters. The minimum absolute atomic E-state index is 0.272. The molecule has 3 heteroatoms. The van der Waals surface area contributed by atoms with E-state index >= 15 is 0 Å². The molecule has 0 radical (unpaired) electrons. The van der Waals surface area contributed by atoms with Crippen LogP contribution in [0.5, 0.6) is 5.75 Å². The lowest BCUT2D eigenvalue weighted by atomic mass is 10.2. The normalized spacial score (nSPS) is 12.3. The molecule has 0 amide bonds. The molecule has 96 valence electrons. The Kier molecular flexibility index (Phi) is 4.79. The third kappa shape index (κ3) is 3.59. The first-order valence-corrected chi connectivity index (χ1v) is 7.09. The molecule has 2 rings (SSSR count). The highest BCUT2D eigenvalue weighted by atomic mass is 32.1. The summed E-state index contributed by atoms with van der Waals surface area (Å²) in [5, 5.41) is 3.47. The first-order chi connectivity index (χ1) is 8.79. The van der Waals surface area contributed by atoms with Crippen molar-refractivity contribution in [3.63, 3.8) is 0 Å². The van der Waals surface area contributed by atoms with Gasteiger partial charge in [-0.15, -0.1) is 11.3 Å². The maximum atomic E-state index is 5.83. The lowest BCUT2D eigenvalue weighted by Crippen LogP contribution is -2.25. The molecule has 18 heavy (non-hydrogen) atoms. The van der Waals surface area contributed by atoms with Crippen molar-refractivity contribution < 1.29 is 4.74 Å². The predicted octanol–water partition coefficient (Wildman–Crippen LogP) is 3.79. The fourth-order valence-electron chi connectivity index (χ4n) is 1.83. The van der Waals surface area contributed by atoms with Gasteiger partial charge >= 0.3 is 0 Å². The molecule has 0 bridgehead atoms. The minimum Gasteiger partial charge on any atom is -0.492 e. The maximum absolute atomic E-state index is 5.83. The molecule has 0 aliphatic carbocycles. The number of thiophene rings is 1. The number of rotatable bonds is 6. The average Bonchev–Trinajstić information content (AvgIpc) is 2.82. The smallest absolute Gasteiger partial charge is 0.119 e. The molecule has 0 saturated carbocycles. The number of likely N-dealkylation sites (N-methyl/N-ethyl adjacent to an activating group) is 1. The Morgan fingerprint density at radius 2 is 1.94 bits per heavy atom. The molecule has 0 spiro atoms. The van der Waals surface area contributed by atoms with Gasteiger partial charge in [0.25, 0.3) is 0 Å². The van der Waals surface area contributed by atoms with Gasteiger partial charge in [-0.3, -0.25) is 0 Å². The quantitative estimate of drug-likeness (QED) is 0.854. The van der Waals surface area contributed by atoms with E-state index in [2.05, 4.69) is 31.3 Å². The molecule has 1 aromatic heterocycles. The van der Waals surface area contributed by atoms with Gasteiger partial charge in [-0.2, -0.15) is 0 Å². The van der Waals surface area contributed by atoms with Crippen molar-refractivity contribution >= 4 is 11.3 Å². The first-order valence-electron chi connectivity index (χ1n) is 6.27. The van der Waals surface area contributed by atoms with Gasteiger partial charge in [0.05, 0.1) is 6.04 Å². The Balaban J connectivity index is 1.98. The van der Waals surface area contributed by atoms with Gasteiger partial charge in [-0.05, 0) is 37.7 Å². The third-order valence-electron chi connectivity index (χ3n) is 2.71. The van der Waals surface area contributed by atoms with E-state index in [4.69, 9.17) is 4.74 Å². The zero-order chi connectivity index (χ0) is 12.8. The van der Waals surface area contributed by atoms with Crippen LogP contribution in [0.15, 0.2) is 42.5 Å². The molecule has 0 aliphatic rings. The van der Waals surface area contributed by atoms with Crippen molar-refractivity contribution in [2.45, 2.75) is 19.9 Å². The molecule has 1 N–H and O–H groups in total. The van der Waals surface area contributed by atoms with E-state index in [0.717, 1.165) is 12.3 Å². The van der Waals surface area contributed by atoms with Crippen LogP contribution in [-0.4, -0.2) is 13.2 Å². The topological polar surface area (TPSA) is 21.3 Å². The third-order valence-corrected chi connectivity index (χ3v) is 3.83. The van der Waals surface area contributed by atoms with Crippen LogP contribution in [0, 0.1) is 6.92 Å². The van der Waals surface area contributed by atoms with Gasteiger partial charge in [-0.1, -0.05) is 25.1 Å². The summed E-state index contributed by atoms with van der Waals surface area (Å²) >= 11 is 1.83. The first kappa shape index (κ1) is 13.1. The molecule has 2 aromatic rings. The SMILES string of the molecule is CCNC(COc1ccccc1)c1ccc(C)s1. The van der Waals surface area contributed by atoms with Crippen LogP contribution in [-0.2, 0) is 0 Å². The summed E-state index contributed by atoms with van der Waals surface area (Å²) in [5.41, 5.74) is 0. The van der Waals surface area contributed by atoms with Crippen molar-refractivity contribution in [2.75, 3.05) is 13.2 Å². The summed E-state index contributed by atoms with van der Waals surface area (Å²) < 4.78 is 5.83. The van der Waals surface area contributed by atoms with Crippen LogP contribution < -0.4 is 10.1 Å². The number of hydrogen-bond donors (Lipinski definition) is 1. The molecular weight excluding hydrogens is 242 g/mol. The second-order valence-corrected chi connectivity index (χ2v) is 5.50. The molecule has 0 aliphatic heterocycles. The van der Waals surface area contributed by atoms with Gasteiger partial charge in [0.15, 0.2) is 0 Å². The second kappa shape index (κ2) is 6.57. The van der Waals surface area contributed by atoms with E-state index in [1.54, 1.807) is 0 Å². The Morgan fingerprint density at radius 1 is 1.17 bits per heavy atom.